The van der Waals surface area contributed by atoms with Gasteiger partial charge in [0.05, 0.1) is 12.1 Å². The van der Waals surface area contributed by atoms with E-state index in [0.717, 1.165) is 30.1 Å². The lowest BCUT2D eigenvalue weighted by Crippen LogP contribution is -2.14. The van der Waals surface area contributed by atoms with Crippen LogP contribution >= 0.6 is 0 Å². The molecule has 0 saturated carbocycles. The molecule has 0 fully saturated rings. The summed E-state index contributed by atoms with van der Waals surface area (Å²) in [7, 11) is 0. The zero-order valence-corrected chi connectivity index (χ0v) is 10.9. The smallest absolute Gasteiger partial charge is 0.120 e. The van der Waals surface area contributed by atoms with Gasteiger partial charge in [0.25, 0.3) is 0 Å². The van der Waals surface area contributed by atoms with E-state index in [2.05, 4.69) is 44.5 Å². The lowest BCUT2D eigenvalue weighted by Gasteiger charge is -2.08. The molecule has 2 N–H and O–H groups in total. The van der Waals surface area contributed by atoms with Gasteiger partial charge >= 0.3 is 0 Å². The second-order valence-electron chi connectivity index (χ2n) is 4.58. The van der Waals surface area contributed by atoms with Crippen molar-refractivity contribution in [3.63, 3.8) is 0 Å². The summed E-state index contributed by atoms with van der Waals surface area (Å²) in [6.07, 6.45) is 3.60. The second kappa shape index (κ2) is 5.20. The molecule has 0 atom stereocenters. The Hall–Kier alpha value is -2.20. The number of para-hydroxylation sites is 1. The highest BCUT2D eigenvalue weighted by Gasteiger charge is 2.03. The van der Waals surface area contributed by atoms with Gasteiger partial charge in [-0.25, -0.2) is 4.98 Å². The van der Waals surface area contributed by atoms with E-state index in [1.807, 2.05) is 19.2 Å². The number of hydrogen-bond acceptors (Lipinski definition) is 3. The van der Waals surface area contributed by atoms with E-state index in [9.17, 15) is 0 Å². The first-order valence-corrected chi connectivity index (χ1v) is 6.37. The van der Waals surface area contributed by atoms with Gasteiger partial charge in [0.15, 0.2) is 0 Å². The van der Waals surface area contributed by atoms with Crippen LogP contribution in [0.25, 0.3) is 10.9 Å². The third-order valence-corrected chi connectivity index (χ3v) is 3.09. The Bertz CT molecular complexity index is 674. The highest BCUT2D eigenvalue weighted by Crippen LogP contribution is 2.17. The summed E-state index contributed by atoms with van der Waals surface area (Å²) in [5.74, 6) is 0.954. The Morgan fingerprint density at radius 1 is 1.21 bits per heavy atom. The van der Waals surface area contributed by atoms with Crippen LogP contribution in [0.5, 0.6) is 0 Å². The topological polar surface area (TPSA) is 53.6 Å². The van der Waals surface area contributed by atoms with Gasteiger partial charge in [-0.2, -0.15) is 0 Å². The van der Waals surface area contributed by atoms with Gasteiger partial charge in [-0.1, -0.05) is 18.2 Å². The standard InChI is InChI=1S/C15H16N4/c1-11-8-12(9-16-10-15-17-6-7-18-15)13-4-2-3-5-14(13)19-11/h2-8,16H,9-10H2,1H3,(H,17,18). The first-order chi connectivity index (χ1) is 9.33. The lowest BCUT2D eigenvalue weighted by atomic mass is 10.1. The third kappa shape index (κ3) is 2.63. The Morgan fingerprint density at radius 3 is 2.95 bits per heavy atom. The third-order valence-electron chi connectivity index (χ3n) is 3.09. The Balaban J connectivity index is 1.80. The maximum absolute atomic E-state index is 4.55. The molecule has 0 aliphatic carbocycles. The van der Waals surface area contributed by atoms with Crippen molar-refractivity contribution in [2.45, 2.75) is 20.0 Å². The van der Waals surface area contributed by atoms with Gasteiger partial charge in [-0.15, -0.1) is 0 Å². The van der Waals surface area contributed by atoms with Crippen molar-refractivity contribution in [3.8, 4) is 0 Å². The van der Waals surface area contributed by atoms with Crippen LogP contribution in [0, 0.1) is 6.92 Å². The molecule has 3 aromatic rings. The molecule has 0 aliphatic heterocycles. The van der Waals surface area contributed by atoms with Gasteiger partial charge in [0.1, 0.15) is 5.82 Å². The van der Waals surface area contributed by atoms with Crippen molar-refractivity contribution >= 4 is 10.9 Å². The predicted molar refractivity (Wildman–Crippen MR) is 75.6 cm³/mol. The average molecular weight is 252 g/mol. The number of nitrogens with zero attached hydrogens (tertiary/aromatic N) is 2. The minimum absolute atomic E-state index is 0.739. The minimum Gasteiger partial charge on any atom is -0.348 e. The number of nitrogens with one attached hydrogen (secondary N) is 2. The number of hydrogen-bond donors (Lipinski definition) is 2. The van der Waals surface area contributed by atoms with E-state index in [4.69, 9.17) is 0 Å². The summed E-state index contributed by atoms with van der Waals surface area (Å²) in [4.78, 5) is 11.8. The highest BCUT2D eigenvalue weighted by molar-refractivity contribution is 5.82. The molecule has 19 heavy (non-hydrogen) atoms. The van der Waals surface area contributed by atoms with Crippen LogP contribution in [-0.2, 0) is 13.1 Å². The normalized spacial score (nSPS) is 11.0. The second-order valence-corrected chi connectivity index (χ2v) is 4.58. The van der Waals surface area contributed by atoms with Gasteiger partial charge in [0, 0.05) is 30.0 Å². The number of fused-ring (bicyclic) bond motifs is 1. The SMILES string of the molecule is Cc1cc(CNCc2ncc[nH]2)c2ccccc2n1. The molecule has 4 nitrogen and oxygen atoms in total. The number of benzene rings is 1. The largest absolute Gasteiger partial charge is 0.348 e. The van der Waals surface area contributed by atoms with Crippen LogP contribution in [0.3, 0.4) is 0 Å². The summed E-state index contributed by atoms with van der Waals surface area (Å²) < 4.78 is 0. The number of aromatic amines is 1. The van der Waals surface area contributed by atoms with E-state index in [0.29, 0.717) is 0 Å². The molecule has 2 heterocycles. The Kier molecular flexibility index (Phi) is 3.25. The van der Waals surface area contributed by atoms with Crippen LogP contribution in [0.2, 0.25) is 0 Å². The molecular formula is C15H16N4. The molecule has 0 unspecified atom stereocenters. The number of H-pyrrole nitrogens is 1. The van der Waals surface area contributed by atoms with E-state index >= 15 is 0 Å². The minimum atomic E-state index is 0.739. The molecule has 4 heteroatoms. The predicted octanol–water partition coefficient (Wildman–Crippen LogP) is 2.56. The molecule has 0 amide bonds. The van der Waals surface area contributed by atoms with Crippen LogP contribution in [0.1, 0.15) is 17.1 Å². The highest BCUT2D eigenvalue weighted by atomic mass is 15.0. The Labute approximate surface area is 111 Å². The number of pyridine rings is 1. The number of imidazole rings is 1. The molecule has 1 aromatic carbocycles. The molecule has 3 rings (SSSR count). The van der Waals surface area contributed by atoms with Crippen LogP contribution < -0.4 is 5.32 Å². The fraction of sp³-hybridized carbons (Fsp3) is 0.200. The summed E-state index contributed by atoms with van der Waals surface area (Å²) in [6.45, 7) is 3.58. The van der Waals surface area contributed by atoms with Gasteiger partial charge < -0.3 is 10.3 Å². The molecule has 0 saturated heterocycles. The zero-order valence-electron chi connectivity index (χ0n) is 10.9. The summed E-state index contributed by atoms with van der Waals surface area (Å²) in [5, 5.41) is 4.61. The van der Waals surface area contributed by atoms with E-state index < -0.39 is 0 Å². The lowest BCUT2D eigenvalue weighted by molar-refractivity contribution is 0.671. The molecule has 2 aromatic heterocycles. The summed E-state index contributed by atoms with van der Waals surface area (Å²) in [6, 6.07) is 10.4. The van der Waals surface area contributed by atoms with Crippen molar-refractivity contribution in [3.05, 3.63) is 59.8 Å². The van der Waals surface area contributed by atoms with Crippen molar-refractivity contribution < 1.29 is 0 Å². The van der Waals surface area contributed by atoms with E-state index in [1.165, 1.54) is 10.9 Å². The van der Waals surface area contributed by atoms with Crippen LogP contribution in [-0.4, -0.2) is 15.0 Å². The molecule has 0 spiro atoms. The van der Waals surface area contributed by atoms with Crippen molar-refractivity contribution in [2.75, 3.05) is 0 Å². The van der Waals surface area contributed by atoms with E-state index in [1.54, 1.807) is 6.20 Å². The molecule has 0 radical (unpaired) electrons. The van der Waals surface area contributed by atoms with Crippen molar-refractivity contribution in [2.24, 2.45) is 0 Å². The van der Waals surface area contributed by atoms with Gasteiger partial charge in [-0.05, 0) is 24.6 Å². The quantitative estimate of drug-likeness (QED) is 0.750. The van der Waals surface area contributed by atoms with Crippen LogP contribution in [0.15, 0.2) is 42.7 Å². The van der Waals surface area contributed by atoms with Gasteiger partial charge in [-0.3, -0.25) is 4.98 Å². The molecular weight excluding hydrogens is 236 g/mol. The first kappa shape index (κ1) is 11.9. The molecule has 0 aliphatic rings. The van der Waals surface area contributed by atoms with Crippen molar-refractivity contribution in [1.29, 1.82) is 0 Å². The maximum Gasteiger partial charge on any atom is 0.120 e. The first-order valence-electron chi connectivity index (χ1n) is 6.37. The molecule has 0 bridgehead atoms. The van der Waals surface area contributed by atoms with Crippen molar-refractivity contribution in [1.82, 2.24) is 20.3 Å². The molecule has 96 valence electrons. The summed E-state index contributed by atoms with van der Waals surface area (Å²) >= 11 is 0. The van der Waals surface area contributed by atoms with Gasteiger partial charge in [0.2, 0.25) is 0 Å². The number of aromatic nitrogens is 3. The maximum atomic E-state index is 4.55. The fourth-order valence-corrected chi connectivity index (χ4v) is 2.25. The zero-order chi connectivity index (χ0) is 13.1. The summed E-state index contributed by atoms with van der Waals surface area (Å²) in [5.41, 5.74) is 3.38. The van der Waals surface area contributed by atoms with E-state index in [-0.39, 0.29) is 0 Å². The Morgan fingerprint density at radius 2 is 2.11 bits per heavy atom. The van der Waals surface area contributed by atoms with Crippen LogP contribution in [0.4, 0.5) is 0 Å². The average Bonchev–Trinajstić information content (AvgIpc) is 2.91. The fourth-order valence-electron chi connectivity index (χ4n) is 2.25. The monoisotopic (exact) mass is 252 g/mol. The number of aryl methyl sites for hydroxylation is 1. The number of rotatable bonds is 4.